The van der Waals surface area contributed by atoms with Gasteiger partial charge < -0.3 is 4.52 Å². The van der Waals surface area contributed by atoms with Gasteiger partial charge in [0.2, 0.25) is 0 Å². The monoisotopic (exact) mass is 280 g/mol. The predicted molar refractivity (Wildman–Crippen MR) is 73.8 cm³/mol. The van der Waals surface area contributed by atoms with E-state index in [1.165, 1.54) is 0 Å². The normalized spacial score (nSPS) is 14.9. The van der Waals surface area contributed by atoms with Crippen LogP contribution in [0.25, 0.3) is 0 Å². The minimum atomic E-state index is -1.78. The summed E-state index contributed by atoms with van der Waals surface area (Å²) in [6.45, 7) is 4.72. The summed E-state index contributed by atoms with van der Waals surface area (Å²) in [5.74, 6) is 0. The average molecular weight is 281 g/mol. The van der Waals surface area contributed by atoms with Crippen LogP contribution in [0.1, 0.15) is 13.8 Å². The molecule has 0 spiro atoms. The Hall–Kier alpha value is 0.470. The second-order valence-corrected chi connectivity index (χ2v) is 10.8. The van der Waals surface area contributed by atoms with Crippen molar-refractivity contribution in [2.24, 2.45) is 0 Å². The van der Waals surface area contributed by atoms with Crippen molar-refractivity contribution in [3.8, 4) is 0 Å². The van der Waals surface area contributed by atoms with E-state index >= 15 is 0 Å². The Morgan fingerprint density at radius 2 is 2.07 bits per heavy atom. The van der Waals surface area contributed by atoms with Gasteiger partial charge in [-0.25, -0.2) is 0 Å². The number of hydrogen-bond acceptors (Lipinski definition) is 3. The molecule has 0 radical (unpaired) electrons. The van der Waals surface area contributed by atoms with Crippen molar-refractivity contribution in [3.05, 3.63) is 29.3 Å². The van der Waals surface area contributed by atoms with Crippen LogP contribution in [-0.2, 0) is 16.3 Å². The molecular formula is C10H14ClOPS2. The summed E-state index contributed by atoms with van der Waals surface area (Å²) in [7, 11) is 0. The van der Waals surface area contributed by atoms with Crippen LogP contribution in [-0.4, -0.2) is 12.8 Å². The average Bonchev–Trinajstić information content (AvgIpc) is 2.22. The van der Waals surface area contributed by atoms with Gasteiger partial charge in [0.1, 0.15) is 5.47 Å². The Morgan fingerprint density at radius 3 is 2.60 bits per heavy atom. The molecule has 1 aromatic rings. The smallest absolute Gasteiger partial charge is 0.123 e. The van der Waals surface area contributed by atoms with Gasteiger partial charge in [-0.3, -0.25) is 0 Å². The molecule has 84 valence electrons. The van der Waals surface area contributed by atoms with Crippen molar-refractivity contribution in [2.75, 3.05) is 12.8 Å². The Balaban J connectivity index is 2.84. The van der Waals surface area contributed by atoms with Gasteiger partial charge >= 0.3 is 0 Å². The lowest BCUT2D eigenvalue weighted by Gasteiger charge is -2.19. The van der Waals surface area contributed by atoms with E-state index in [0.29, 0.717) is 6.61 Å². The van der Waals surface area contributed by atoms with Crippen LogP contribution in [0.2, 0.25) is 5.02 Å². The molecule has 0 N–H and O–H groups in total. The van der Waals surface area contributed by atoms with Crippen LogP contribution in [0, 0.1) is 0 Å². The minimum absolute atomic E-state index is 0.669. The minimum Gasteiger partial charge on any atom is -0.341 e. The van der Waals surface area contributed by atoms with E-state index < -0.39 is 5.47 Å². The van der Waals surface area contributed by atoms with E-state index in [-0.39, 0.29) is 0 Å². The highest BCUT2D eigenvalue weighted by Crippen LogP contribution is 2.63. The van der Waals surface area contributed by atoms with Gasteiger partial charge in [-0.1, -0.05) is 53.8 Å². The Kier molecular flexibility index (Phi) is 5.65. The summed E-state index contributed by atoms with van der Waals surface area (Å²) in [6.07, 6.45) is 0.881. The van der Waals surface area contributed by atoms with E-state index in [9.17, 15) is 0 Å². The number of hydrogen-bond donors (Lipinski definition) is 0. The standard InChI is InChI=1S/C10H14ClOPS2/c1-3-12-13(14,4-2)15-10-8-6-5-7-9(10)11/h5-8H,3-4H2,1-2H3. The zero-order chi connectivity index (χ0) is 11.3. The highest BCUT2D eigenvalue weighted by molar-refractivity contribution is 8.69. The van der Waals surface area contributed by atoms with Gasteiger partial charge in [0.15, 0.2) is 0 Å². The van der Waals surface area contributed by atoms with Gasteiger partial charge in [-0.15, -0.1) is 0 Å². The molecule has 1 rings (SSSR count). The molecule has 1 nitrogen and oxygen atoms in total. The van der Waals surface area contributed by atoms with Gasteiger partial charge in [0.05, 0.1) is 5.02 Å². The highest BCUT2D eigenvalue weighted by atomic mass is 35.5. The predicted octanol–water partition coefficient (Wildman–Crippen LogP) is 4.80. The van der Waals surface area contributed by atoms with Gasteiger partial charge in [-0.2, -0.15) is 0 Å². The first-order chi connectivity index (χ1) is 7.11. The van der Waals surface area contributed by atoms with Gasteiger partial charge in [0, 0.05) is 17.7 Å². The maximum Gasteiger partial charge on any atom is 0.123 e. The zero-order valence-electron chi connectivity index (χ0n) is 8.77. The Morgan fingerprint density at radius 1 is 1.40 bits per heavy atom. The molecule has 1 unspecified atom stereocenters. The number of halogens is 1. The second kappa shape index (κ2) is 6.27. The first-order valence-electron chi connectivity index (χ1n) is 4.79. The molecule has 5 heteroatoms. The summed E-state index contributed by atoms with van der Waals surface area (Å²) in [6, 6.07) is 7.76. The van der Waals surface area contributed by atoms with Crippen molar-refractivity contribution >= 4 is 40.3 Å². The van der Waals surface area contributed by atoms with Crippen LogP contribution in [0.15, 0.2) is 29.2 Å². The van der Waals surface area contributed by atoms with Crippen LogP contribution in [0.5, 0.6) is 0 Å². The summed E-state index contributed by atoms with van der Waals surface area (Å²) in [5, 5.41) is 0.755. The molecule has 0 amide bonds. The molecule has 0 heterocycles. The third kappa shape index (κ3) is 4.08. The van der Waals surface area contributed by atoms with Crippen molar-refractivity contribution in [1.82, 2.24) is 0 Å². The van der Waals surface area contributed by atoms with Crippen LogP contribution < -0.4 is 0 Å². The maximum absolute atomic E-state index is 6.08. The Bertz CT molecular complexity index is 370. The molecule has 0 aromatic heterocycles. The largest absolute Gasteiger partial charge is 0.341 e. The van der Waals surface area contributed by atoms with E-state index in [1.807, 2.05) is 31.2 Å². The molecule has 0 fully saturated rings. The van der Waals surface area contributed by atoms with Gasteiger partial charge in [-0.05, 0) is 19.1 Å². The fourth-order valence-corrected chi connectivity index (χ4v) is 6.09. The molecule has 0 aliphatic heterocycles. The third-order valence-electron chi connectivity index (χ3n) is 1.79. The van der Waals surface area contributed by atoms with Crippen molar-refractivity contribution in [2.45, 2.75) is 18.7 Å². The molecular weight excluding hydrogens is 267 g/mol. The van der Waals surface area contributed by atoms with E-state index in [1.54, 1.807) is 11.4 Å². The lowest BCUT2D eigenvalue weighted by atomic mass is 10.4. The fraction of sp³-hybridized carbons (Fsp3) is 0.400. The van der Waals surface area contributed by atoms with E-state index in [0.717, 1.165) is 16.1 Å². The SMILES string of the molecule is CCOP(=S)(CC)Sc1ccccc1Cl. The molecule has 1 atom stereocenters. The molecule has 0 saturated carbocycles. The zero-order valence-corrected chi connectivity index (χ0v) is 12.1. The van der Waals surface area contributed by atoms with Crippen LogP contribution in [0.3, 0.4) is 0 Å². The molecule has 0 saturated heterocycles. The fourth-order valence-electron chi connectivity index (χ4n) is 1.05. The van der Waals surface area contributed by atoms with Crippen molar-refractivity contribution in [3.63, 3.8) is 0 Å². The second-order valence-electron chi connectivity index (χ2n) is 2.87. The molecule has 1 aromatic carbocycles. The van der Waals surface area contributed by atoms with Crippen molar-refractivity contribution in [1.29, 1.82) is 0 Å². The van der Waals surface area contributed by atoms with E-state index in [4.69, 9.17) is 27.9 Å². The summed E-state index contributed by atoms with van der Waals surface area (Å²) >= 11 is 13.2. The highest BCUT2D eigenvalue weighted by Gasteiger charge is 2.17. The van der Waals surface area contributed by atoms with Crippen LogP contribution in [0.4, 0.5) is 0 Å². The summed E-state index contributed by atoms with van der Waals surface area (Å²) in [5.41, 5.74) is -1.78. The van der Waals surface area contributed by atoms with Crippen LogP contribution >= 0.6 is 28.4 Å². The lowest BCUT2D eigenvalue weighted by molar-refractivity contribution is 0.385. The summed E-state index contributed by atoms with van der Waals surface area (Å²) < 4.78 is 5.67. The first kappa shape index (κ1) is 13.5. The third-order valence-corrected chi connectivity index (χ3v) is 8.76. The first-order valence-corrected chi connectivity index (χ1v) is 9.49. The molecule has 0 aliphatic rings. The molecule has 0 bridgehead atoms. The number of rotatable bonds is 5. The van der Waals surface area contributed by atoms with Crippen molar-refractivity contribution < 1.29 is 4.52 Å². The van der Waals surface area contributed by atoms with Gasteiger partial charge in [0.25, 0.3) is 0 Å². The quantitative estimate of drug-likeness (QED) is 0.717. The molecule has 0 aliphatic carbocycles. The number of benzene rings is 1. The topological polar surface area (TPSA) is 9.23 Å². The maximum atomic E-state index is 6.08. The Labute approximate surface area is 105 Å². The summed E-state index contributed by atoms with van der Waals surface area (Å²) in [4.78, 5) is 1.03. The molecule has 15 heavy (non-hydrogen) atoms. The van der Waals surface area contributed by atoms with E-state index in [2.05, 4.69) is 6.92 Å². The lowest BCUT2D eigenvalue weighted by Crippen LogP contribution is -1.88.